The summed E-state index contributed by atoms with van der Waals surface area (Å²) in [7, 11) is 0. The van der Waals surface area contributed by atoms with Gasteiger partial charge in [0.1, 0.15) is 17.4 Å². The standard InChI is InChI=1S/C36H44BrN3O6/c1-6-18-38(25-14-16-26(17-15-25)45-8-3)33(42)28-29-34(43)40(20-9-10-21-41)32(36(29)22-27(37)31(28)46-36)35(44)39(19-7-2)30-23(4)12-11-13-24(30)5/h6-7,11-17,27-29,31-32,41H,1-2,8-10,18-22H2,3-5H3/t27?,28-,29+,31-,32?,36?/m1/s1. The Morgan fingerprint density at radius 1 is 1.07 bits per heavy atom. The molecule has 0 saturated carbocycles. The van der Waals surface area contributed by atoms with Gasteiger partial charge in [0, 0.05) is 42.4 Å². The molecule has 3 amide bonds. The molecular weight excluding hydrogens is 650 g/mol. The number of hydrogen-bond donors (Lipinski definition) is 1. The smallest absolute Gasteiger partial charge is 0.253 e. The van der Waals surface area contributed by atoms with Crippen molar-refractivity contribution in [1.29, 1.82) is 0 Å². The minimum atomic E-state index is -1.21. The fourth-order valence-corrected chi connectivity index (χ4v) is 8.59. The van der Waals surface area contributed by atoms with Crippen LogP contribution in [0.15, 0.2) is 67.8 Å². The predicted molar refractivity (Wildman–Crippen MR) is 182 cm³/mol. The Morgan fingerprint density at radius 2 is 1.72 bits per heavy atom. The van der Waals surface area contributed by atoms with Crippen molar-refractivity contribution in [2.45, 2.75) is 62.6 Å². The molecule has 2 bridgehead atoms. The third kappa shape index (κ3) is 5.80. The van der Waals surface area contributed by atoms with Crippen molar-refractivity contribution in [2.24, 2.45) is 11.8 Å². The second kappa shape index (κ2) is 14.1. The number of para-hydroxylation sites is 1. The van der Waals surface area contributed by atoms with E-state index in [9.17, 15) is 19.5 Å². The predicted octanol–water partition coefficient (Wildman–Crippen LogP) is 4.96. The van der Waals surface area contributed by atoms with Crippen LogP contribution >= 0.6 is 15.9 Å². The number of alkyl halides is 1. The summed E-state index contributed by atoms with van der Waals surface area (Å²) >= 11 is 3.79. The zero-order valence-corrected chi connectivity index (χ0v) is 28.4. The summed E-state index contributed by atoms with van der Waals surface area (Å²) in [6.45, 7) is 14.9. The van der Waals surface area contributed by atoms with Gasteiger partial charge in [-0.2, -0.15) is 0 Å². The molecule has 3 aliphatic heterocycles. The molecule has 0 aliphatic carbocycles. The number of carbonyl (C=O) groups excluding carboxylic acids is 3. The molecule has 0 aromatic heterocycles. The molecule has 0 radical (unpaired) electrons. The normalized spacial score (nSPS) is 26.2. The van der Waals surface area contributed by atoms with Gasteiger partial charge in [-0.05, 0) is 75.4 Å². The Balaban J connectivity index is 1.57. The molecular formula is C36H44BrN3O6. The lowest BCUT2D eigenvalue weighted by molar-refractivity contribution is -0.140. The molecule has 3 saturated heterocycles. The van der Waals surface area contributed by atoms with Gasteiger partial charge < -0.3 is 29.3 Å². The van der Waals surface area contributed by atoms with Gasteiger partial charge in [-0.1, -0.05) is 46.3 Å². The molecule has 1 N–H and O–H groups in total. The first kappa shape index (κ1) is 33.9. The lowest BCUT2D eigenvalue weighted by atomic mass is 9.70. The highest BCUT2D eigenvalue weighted by molar-refractivity contribution is 9.09. The quantitative estimate of drug-likeness (QED) is 0.171. The summed E-state index contributed by atoms with van der Waals surface area (Å²) in [4.78, 5) is 48.8. The maximum absolute atomic E-state index is 14.9. The first-order valence-electron chi connectivity index (χ1n) is 16.0. The van der Waals surface area contributed by atoms with E-state index in [0.29, 0.717) is 37.3 Å². The maximum atomic E-state index is 14.9. The van der Waals surface area contributed by atoms with Crippen LogP contribution in [0.2, 0.25) is 0 Å². The van der Waals surface area contributed by atoms with Crippen LogP contribution in [0.4, 0.5) is 11.4 Å². The Hall–Kier alpha value is -3.47. The van der Waals surface area contributed by atoms with E-state index in [1.165, 1.54) is 0 Å². The van der Waals surface area contributed by atoms with E-state index in [2.05, 4.69) is 29.1 Å². The summed E-state index contributed by atoms with van der Waals surface area (Å²) in [5, 5.41) is 9.54. The van der Waals surface area contributed by atoms with Crippen LogP contribution in [0.5, 0.6) is 5.75 Å². The van der Waals surface area contributed by atoms with Gasteiger partial charge in [0.05, 0.1) is 24.5 Å². The number of ether oxygens (including phenoxy) is 2. The van der Waals surface area contributed by atoms with Gasteiger partial charge in [-0.3, -0.25) is 14.4 Å². The van der Waals surface area contributed by atoms with Crippen molar-refractivity contribution in [3.8, 4) is 5.75 Å². The van der Waals surface area contributed by atoms with Crippen LogP contribution in [0.25, 0.3) is 0 Å². The number of aliphatic hydroxyl groups is 1. The molecule has 5 rings (SSSR count). The molecule has 6 atom stereocenters. The molecule has 2 aromatic rings. The number of amides is 3. The van der Waals surface area contributed by atoms with E-state index in [0.717, 1.165) is 16.8 Å². The summed E-state index contributed by atoms with van der Waals surface area (Å²) in [5.74, 6) is -1.75. The number of fused-ring (bicyclic) bond motifs is 1. The van der Waals surface area contributed by atoms with Crippen molar-refractivity contribution in [3.05, 3.63) is 78.9 Å². The Kier molecular flexibility index (Phi) is 10.4. The third-order valence-electron chi connectivity index (χ3n) is 9.44. The van der Waals surface area contributed by atoms with Crippen molar-refractivity contribution in [3.63, 3.8) is 0 Å². The van der Waals surface area contributed by atoms with Gasteiger partial charge in [0.2, 0.25) is 11.8 Å². The van der Waals surface area contributed by atoms with Gasteiger partial charge in [0.15, 0.2) is 0 Å². The van der Waals surface area contributed by atoms with E-state index >= 15 is 0 Å². The number of anilines is 2. The summed E-state index contributed by atoms with van der Waals surface area (Å²) in [6.07, 6.45) is 4.14. The van der Waals surface area contributed by atoms with Crippen LogP contribution in [-0.4, -0.2) is 83.2 Å². The number of unbranched alkanes of at least 4 members (excludes halogenated alkanes) is 1. The van der Waals surface area contributed by atoms with E-state index in [4.69, 9.17) is 9.47 Å². The average Bonchev–Trinajstić information content (AvgIpc) is 3.62. The van der Waals surface area contributed by atoms with Gasteiger partial charge in [0.25, 0.3) is 5.91 Å². The first-order valence-corrected chi connectivity index (χ1v) is 16.9. The SMILES string of the molecule is C=CCN(C(=O)[C@H]1[C@@H]2OC3(CC2Br)C(C(=O)N(CC=C)c2c(C)cccc2C)N(CCCCO)C(=O)[C@H]13)c1ccc(OCC)cc1. The first-order chi connectivity index (χ1) is 22.1. The van der Waals surface area contributed by atoms with E-state index < -0.39 is 29.6 Å². The topological polar surface area (TPSA) is 99.6 Å². The van der Waals surface area contributed by atoms with Crippen LogP contribution in [0.1, 0.15) is 37.3 Å². The van der Waals surface area contributed by atoms with Gasteiger partial charge >= 0.3 is 0 Å². The summed E-state index contributed by atoms with van der Waals surface area (Å²) in [5.41, 5.74) is 2.08. The third-order valence-corrected chi connectivity index (χ3v) is 10.3. The van der Waals surface area contributed by atoms with Crippen LogP contribution in [0.3, 0.4) is 0 Å². The molecule has 3 unspecified atom stereocenters. The van der Waals surface area contributed by atoms with E-state index in [-0.39, 0.29) is 48.8 Å². The van der Waals surface area contributed by atoms with Crippen LogP contribution in [0, 0.1) is 25.7 Å². The molecule has 1 spiro atoms. The zero-order valence-electron chi connectivity index (χ0n) is 26.9. The van der Waals surface area contributed by atoms with Crippen molar-refractivity contribution >= 4 is 45.0 Å². The second-order valence-corrected chi connectivity index (χ2v) is 13.4. The largest absolute Gasteiger partial charge is 0.494 e. The lowest BCUT2D eigenvalue weighted by Crippen LogP contribution is -2.57. The van der Waals surface area contributed by atoms with Gasteiger partial charge in [-0.25, -0.2) is 0 Å². The van der Waals surface area contributed by atoms with Crippen molar-refractivity contribution < 1.29 is 29.0 Å². The molecule has 3 aliphatic rings. The van der Waals surface area contributed by atoms with Crippen molar-refractivity contribution in [1.82, 2.24) is 4.90 Å². The maximum Gasteiger partial charge on any atom is 0.253 e. The molecule has 2 aromatic carbocycles. The molecule has 3 fully saturated rings. The number of nitrogens with zero attached hydrogens (tertiary/aromatic N) is 3. The second-order valence-electron chi connectivity index (χ2n) is 12.3. The monoisotopic (exact) mass is 693 g/mol. The highest BCUT2D eigenvalue weighted by Crippen LogP contribution is 2.60. The fraction of sp³-hybridized carbons (Fsp3) is 0.472. The Morgan fingerprint density at radius 3 is 2.33 bits per heavy atom. The molecule has 10 heteroatoms. The van der Waals surface area contributed by atoms with Crippen LogP contribution < -0.4 is 14.5 Å². The highest BCUT2D eigenvalue weighted by Gasteiger charge is 2.77. The number of benzene rings is 2. The number of likely N-dealkylation sites (tertiary alicyclic amines) is 1. The number of aliphatic hydroxyl groups excluding tert-OH is 1. The number of halogens is 1. The number of hydrogen-bond acceptors (Lipinski definition) is 6. The Bertz CT molecular complexity index is 1460. The summed E-state index contributed by atoms with van der Waals surface area (Å²) in [6, 6.07) is 12.2. The Labute approximate surface area is 280 Å². The highest BCUT2D eigenvalue weighted by atomic mass is 79.9. The van der Waals surface area contributed by atoms with Gasteiger partial charge in [-0.15, -0.1) is 13.2 Å². The lowest BCUT2D eigenvalue weighted by Gasteiger charge is -2.38. The number of aryl methyl sites for hydroxylation is 2. The molecule has 3 heterocycles. The van der Waals surface area contributed by atoms with E-state index in [1.54, 1.807) is 26.9 Å². The van der Waals surface area contributed by atoms with Crippen LogP contribution in [-0.2, 0) is 19.1 Å². The summed E-state index contributed by atoms with van der Waals surface area (Å²) < 4.78 is 12.4. The van der Waals surface area contributed by atoms with Crippen molar-refractivity contribution in [2.75, 3.05) is 42.6 Å². The minimum absolute atomic E-state index is 0.0258. The average molecular weight is 695 g/mol. The zero-order chi connectivity index (χ0) is 33.2. The number of rotatable bonds is 14. The fourth-order valence-electron chi connectivity index (χ4n) is 7.65. The molecule has 246 valence electrons. The molecule has 46 heavy (non-hydrogen) atoms. The molecule has 9 nitrogen and oxygen atoms in total. The minimum Gasteiger partial charge on any atom is -0.494 e. The number of carbonyl (C=O) groups is 3. The van der Waals surface area contributed by atoms with E-state index in [1.807, 2.05) is 63.2 Å².